The Morgan fingerprint density at radius 1 is 1.58 bits per heavy atom. The highest BCUT2D eigenvalue weighted by Crippen LogP contribution is 2.11. The summed E-state index contributed by atoms with van der Waals surface area (Å²) in [7, 11) is 0. The SMILES string of the molecule is NCc1ccncc1NCCO. The van der Waals surface area contributed by atoms with Gasteiger partial charge in [-0.3, -0.25) is 4.98 Å². The first-order chi connectivity index (χ1) is 5.88. The van der Waals surface area contributed by atoms with Gasteiger partial charge in [0.15, 0.2) is 0 Å². The van der Waals surface area contributed by atoms with Gasteiger partial charge in [0.05, 0.1) is 18.5 Å². The van der Waals surface area contributed by atoms with Crippen LogP contribution in [0, 0.1) is 0 Å². The highest BCUT2D eigenvalue weighted by Gasteiger charge is 1.97. The molecule has 0 unspecified atom stereocenters. The van der Waals surface area contributed by atoms with Crippen molar-refractivity contribution in [1.82, 2.24) is 4.98 Å². The number of anilines is 1. The second-order valence-corrected chi connectivity index (χ2v) is 2.39. The summed E-state index contributed by atoms with van der Waals surface area (Å²) < 4.78 is 0. The molecular weight excluding hydrogens is 154 g/mol. The number of rotatable bonds is 4. The topological polar surface area (TPSA) is 71.2 Å². The first-order valence-electron chi connectivity index (χ1n) is 3.86. The molecule has 0 radical (unpaired) electrons. The maximum absolute atomic E-state index is 8.58. The van der Waals surface area contributed by atoms with Gasteiger partial charge >= 0.3 is 0 Å². The highest BCUT2D eigenvalue weighted by molar-refractivity contribution is 5.48. The van der Waals surface area contributed by atoms with Gasteiger partial charge < -0.3 is 16.2 Å². The minimum Gasteiger partial charge on any atom is -0.395 e. The summed E-state index contributed by atoms with van der Waals surface area (Å²) in [6, 6.07) is 1.86. The van der Waals surface area contributed by atoms with E-state index < -0.39 is 0 Å². The van der Waals surface area contributed by atoms with E-state index in [2.05, 4.69) is 10.3 Å². The summed E-state index contributed by atoms with van der Waals surface area (Å²) in [5.74, 6) is 0. The molecule has 0 aliphatic carbocycles. The van der Waals surface area contributed by atoms with Crippen molar-refractivity contribution >= 4 is 5.69 Å². The maximum atomic E-state index is 8.58. The number of hydrogen-bond donors (Lipinski definition) is 3. The highest BCUT2D eigenvalue weighted by atomic mass is 16.3. The molecule has 0 bridgehead atoms. The van der Waals surface area contributed by atoms with E-state index in [1.54, 1.807) is 12.4 Å². The molecule has 4 N–H and O–H groups in total. The number of aliphatic hydroxyl groups is 1. The Labute approximate surface area is 71.4 Å². The van der Waals surface area contributed by atoms with Gasteiger partial charge in [0.2, 0.25) is 0 Å². The van der Waals surface area contributed by atoms with Gasteiger partial charge in [-0.15, -0.1) is 0 Å². The van der Waals surface area contributed by atoms with Crippen molar-refractivity contribution in [3.8, 4) is 0 Å². The second kappa shape index (κ2) is 4.69. The zero-order chi connectivity index (χ0) is 8.81. The van der Waals surface area contributed by atoms with Crippen molar-refractivity contribution in [2.75, 3.05) is 18.5 Å². The van der Waals surface area contributed by atoms with Gasteiger partial charge in [0, 0.05) is 19.3 Å². The van der Waals surface area contributed by atoms with E-state index in [-0.39, 0.29) is 6.61 Å². The minimum atomic E-state index is 0.110. The second-order valence-electron chi connectivity index (χ2n) is 2.39. The van der Waals surface area contributed by atoms with Gasteiger partial charge in [-0.2, -0.15) is 0 Å². The van der Waals surface area contributed by atoms with Gasteiger partial charge in [0.1, 0.15) is 0 Å². The predicted molar refractivity (Wildman–Crippen MR) is 47.7 cm³/mol. The van der Waals surface area contributed by atoms with Crippen LogP contribution in [-0.2, 0) is 6.54 Å². The van der Waals surface area contributed by atoms with E-state index in [0.29, 0.717) is 13.1 Å². The molecule has 0 atom stereocenters. The number of aromatic nitrogens is 1. The zero-order valence-corrected chi connectivity index (χ0v) is 6.83. The Hall–Kier alpha value is -1.13. The summed E-state index contributed by atoms with van der Waals surface area (Å²) in [4.78, 5) is 3.95. The molecular formula is C8H13N3O. The number of nitrogens with two attached hydrogens (primary N) is 1. The van der Waals surface area contributed by atoms with Crippen molar-refractivity contribution in [1.29, 1.82) is 0 Å². The number of hydrogen-bond acceptors (Lipinski definition) is 4. The monoisotopic (exact) mass is 167 g/mol. The number of nitrogens with zero attached hydrogens (tertiary/aromatic N) is 1. The van der Waals surface area contributed by atoms with Crippen LogP contribution in [0.15, 0.2) is 18.5 Å². The maximum Gasteiger partial charge on any atom is 0.0604 e. The van der Waals surface area contributed by atoms with Crippen molar-refractivity contribution in [3.63, 3.8) is 0 Å². The average molecular weight is 167 g/mol. The molecule has 4 heteroatoms. The number of pyridine rings is 1. The van der Waals surface area contributed by atoms with E-state index in [1.165, 1.54) is 0 Å². The molecule has 1 aromatic rings. The molecule has 1 heterocycles. The van der Waals surface area contributed by atoms with Crippen molar-refractivity contribution in [3.05, 3.63) is 24.0 Å². The van der Waals surface area contributed by atoms with Crippen LogP contribution in [0.4, 0.5) is 5.69 Å². The van der Waals surface area contributed by atoms with E-state index in [4.69, 9.17) is 10.8 Å². The molecule has 0 aromatic carbocycles. The standard InChI is InChI=1S/C8H13N3O/c9-5-7-1-2-10-6-8(7)11-3-4-12/h1-2,6,11-12H,3-5,9H2. The molecule has 1 aromatic heterocycles. The third-order valence-corrected chi connectivity index (χ3v) is 1.56. The number of nitrogens with one attached hydrogen (secondary N) is 1. The summed E-state index contributed by atoms with van der Waals surface area (Å²) >= 11 is 0. The van der Waals surface area contributed by atoms with Crippen LogP contribution in [0.3, 0.4) is 0 Å². The predicted octanol–water partition coefficient (Wildman–Crippen LogP) is -0.0555. The van der Waals surface area contributed by atoms with E-state index in [1.807, 2.05) is 6.07 Å². The zero-order valence-electron chi connectivity index (χ0n) is 6.83. The molecule has 0 saturated heterocycles. The molecule has 0 spiro atoms. The molecule has 0 aliphatic rings. The molecule has 0 fully saturated rings. The summed E-state index contributed by atoms with van der Waals surface area (Å²) in [6.07, 6.45) is 3.41. The van der Waals surface area contributed by atoms with Crippen molar-refractivity contribution in [2.24, 2.45) is 5.73 Å². The van der Waals surface area contributed by atoms with Crippen LogP contribution in [0.25, 0.3) is 0 Å². The van der Waals surface area contributed by atoms with Gasteiger partial charge in [-0.05, 0) is 11.6 Å². The van der Waals surface area contributed by atoms with E-state index >= 15 is 0 Å². The van der Waals surface area contributed by atoms with E-state index in [0.717, 1.165) is 11.3 Å². The van der Waals surface area contributed by atoms with Crippen LogP contribution in [0.2, 0.25) is 0 Å². The Balaban J connectivity index is 2.68. The Kier molecular flexibility index (Phi) is 3.50. The first-order valence-corrected chi connectivity index (χ1v) is 3.86. The lowest BCUT2D eigenvalue weighted by Gasteiger charge is -2.07. The fourth-order valence-corrected chi connectivity index (χ4v) is 0.951. The van der Waals surface area contributed by atoms with Gasteiger partial charge in [0.25, 0.3) is 0 Å². The first kappa shape index (κ1) is 8.96. The Bertz CT molecular complexity index is 239. The smallest absolute Gasteiger partial charge is 0.0604 e. The molecule has 66 valence electrons. The van der Waals surface area contributed by atoms with Crippen LogP contribution < -0.4 is 11.1 Å². The fraction of sp³-hybridized carbons (Fsp3) is 0.375. The molecule has 0 saturated carbocycles. The Morgan fingerprint density at radius 2 is 2.42 bits per heavy atom. The molecule has 0 amide bonds. The lowest BCUT2D eigenvalue weighted by molar-refractivity contribution is 0.311. The van der Waals surface area contributed by atoms with Crippen LogP contribution in [-0.4, -0.2) is 23.2 Å². The summed E-state index contributed by atoms with van der Waals surface area (Å²) in [5, 5.41) is 11.6. The molecule has 0 aliphatic heterocycles. The van der Waals surface area contributed by atoms with Crippen molar-refractivity contribution < 1.29 is 5.11 Å². The van der Waals surface area contributed by atoms with Crippen LogP contribution in [0.5, 0.6) is 0 Å². The lowest BCUT2D eigenvalue weighted by atomic mass is 10.2. The Morgan fingerprint density at radius 3 is 3.08 bits per heavy atom. The van der Waals surface area contributed by atoms with Crippen molar-refractivity contribution in [2.45, 2.75) is 6.54 Å². The number of aliphatic hydroxyl groups excluding tert-OH is 1. The third kappa shape index (κ3) is 2.18. The summed E-state index contributed by atoms with van der Waals surface area (Å²) in [6.45, 7) is 1.12. The normalized spacial score (nSPS) is 9.83. The van der Waals surface area contributed by atoms with Gasteiger partial charge in [-0.1, -0.05) is 0 Å². The lowest BCUT2D eigenvalue weighted by Crippen LogP contribution is -2.09. The molecule has 4 nitrogen and oxygen atoms in total. The molecule has 12 heavy (non-hydrogen) atoms. The quantitative estimate of drug-likeness (QED) is 0.587. The van der Waals surface area contributed by atoms with Gasteiger partial charge in [-0.25, -0.2) is 0 Å². The van der Waals surface area contributed by atoms with Crippen LogP contribution >= 0.6 is 0 Å². The largest absolute Gasteiger partial charge is 0.395 e. The third-order valence-electron chi connectivity index (χ3n) is 1.56. The summed E-state index contributed by atoms with van der Waals surface area (Å²) in [5.41, 5.74) is 7.40. The van der Waals surface area contributed by atoms with Crippen LogP contribution in [0.1, 0.15) is 5.56 Å². The van der Waals surface area contributed by atoms with E-state index in [9.17, 15) is 0 Å². The minimum absolute atomic E-state index is 0.110. The average Bonchev–Trinajstić information content (AvgIpc) is 2.15. The fourth-order valence-electron chi connectivity index (χ4n) is 0.951. The molecule has 1 rings (SSSR count).